The Morgan fingerprint density at radius 1 is 1.36 bits per heavy atom. The van der Waals surface area contributed by atoms with Crippen LogP contribution >= 0.6 is 11.6 Å². The van der Waals surface area contributed by atoms with Crippen molar-refractivity contribution in [2.45, 2.75) is 12.9 Å². The molecule has 22 heavy (non-hydrogen) atoms. The Labute approximate surface area is 129 Å². The van der Waals surface area contributed by atoms with Crippen LogP contribution in [-0.2, 0) is 11.3 Å². The average molecular weight is 322 g/mol. The number of aldehydes is 1. The molecule has 112 valence electrons. The highest BCUT2D eigenvalue weighted by Gasteiger charge is 2.35. The Balaban J connectivity index is 1.97. The van der Waals surface area contributed by atoms with E-state index >= 15 is 0 Å². The molecule has 0 spiro atoms. The second kappa shape index (κ2) is 5.69. The van der Waals surface area contributed by atoms with Gasteiger partial charge < -0.3 is 4.74 Å². The Bertz CT molecular complexity index is 739. The largest absolute Gasteiger partial charge is 0.450 e. The molecule has 0 radical (unpaired) electrons. The third-order valence-corrected chi connectivity index (χ3v) is 3.27. The summed E-state index contributed by atoms with van der Waals surface area (Å²) in [6.07, 6.45) is 1.25. The fourth-order valence-corrected chi connectivity index (χ4v) is 2.15. The Hall–Kier alpha value is -2.54. The highest BCUT2D eigenvalue weighted by atomic mass is 35.5. The summed E-state index contributed by atoms with van der Waals surface area (Å²) in [5.74, 6) is -0.437. The molecule has 2 aromatic rings. The molecule has 0 saturated carbocycles. The number of rotatable bonds is 3. The van der Waals surface area contributed by atoms with Crippen molar-refractivity contribution >= 4 is 29.5 Å². The maximum absolute atomic E-state index is 13.7. The van der Waals surface area contributed by atoms with Gasteiger partial charge in [-0.2, -0.15) is 4.39 Å². The van der Waals surface area contributed by atoms with Gasteiger partial charge in [-0.3, -0.25) is 14.5 Å². The zero-order valence-electron chi connectivity index (χ0n) is 11.1. The summed E-state index contributed by atoms with van der Waals surface area (Å²) in [4.78, 5) is 31.9. The number of ether oxygens (including phenoxy) is 1. The normalized spacial score (nSPS) is 16.9. The van der Waals surface area contributed by atoms with Crippen LogP contribution in [0.15, 0.2) is 30.6 Å². The van der Waals surface area contributed by atoms with Crippen LogP contribution in [0, 0.1) is 0 Å². The fourth-order valence-electron chi connectivity index (χ4n) is 2.05. The quantitative estimate of drug-likeness (QED) is 0.810. The number of alkyl halides is 1. The van der Waals surface area contributed by atoms with Gasteiger partial charge in [0, 0.05) is 18.0 Å². The molecule has 0 fully saturated rings. The van der Waals surface area contributed by atoms with E-state index in [0.717, 1.165) is 0 Å². The predicted octanol–water partition coefficient (Wildman–Crippen LogP) is 2.16. The maximum Gasteiger partial charge on any atom is 0.317 e. The van der Waals surface area contributed by atoms with Gasteiger partial charge in [0.1, 0.15) is 17.9 Å². The molecular weight excluding hydrogens is 313 g/mol. The second-order valence-corrected chi connectivity index (χ2v) is 4.96. The van der Waals surface area contributed by atoms with E-state index in [1.165, 1.54) is 35.5 Å². The molecule has 1 amide bonds. The average Bonchev–Trinajstić information content (AvgIpc) is 2.53. The van der Waals surface area contributed by atoms with E-state index in [0.29, 0.717) is 28.4 Å². The van der Waals surface area contributed by atoms with Gasteiger partial charge in [-0.05, 0) is 18.2 Å². The number of anilines is 1. The van der Waals surface area contributed by atoms with Gasteiger partial charge in [-0.1, -0.05) is 11.6 Å². The first-order valence-corrected chi connectivity index (χ1v) is 6.64. The minimum absolute atomic E-state index is 0.0345. The topological polar surface area (TPSA) is 72.4 Å². The van der Waals surface area contributed by atoms with Crippen LogP contribution in [0.3, 0.4) is 0 Å². The highest BCUT2D eigenvalue weighted by Crippen LogP contribution is 2.35. The van der Waals surface area contributed by atoms with Crippen molar-refractivity contribution in [2.24, 2.45) is 0 Å². The Morgan fingerprint density at radius 3 is 2.77 bits per heavy atom. The predicted molar refractivity (Wildman–Crippen MR) is 75.6 cm³/mol. The number of aromatic nitrogens is 2. The van der Waals surface area contributed by atoms with Crippen molar-refractivity contribution in [1.29, 1.82) is 0 Å². The van der Waals surface area contributed by atoms with E-state index in [4.69, 9.17) is 16.3 Å². The molecular formula is C14H9ClFN3O3. The molecule has 1 aliphatic rings. The Kier molecular flexibility index (Phi) is 3.72. The molecule has 0 bridgehead atoms. The lowest BCUT2D eigenvalue weighted by Crippen LogP contribution is -2.43. The van der Waals surface area contributed by atoms with Crippen molar-refractivity contribution < 1.29 is 18.7 Å². The number of carbonyl (C=O) groups excluding carboxylic acids is 2. The van der Waals surface area contributed by atoms with Crippen molar-refractivity contribution in [3.8, 4) is 5.75 Å². The van der Waals surface area contributed by atoms with Crippen LogP contribution in [0.4, 0.5) is 10.1 Å². The molecule has 1 aliphatic heterocycles. The van der Waals surface area contributed by atoms with E-state index < -0.39 is 12.3 Å². The summed E-state index contributed by atoms with van der Waals surface area (Å²) in [5, 5.41) is 0.358. The SMILES string of the molecule is O=Cc1ccc2c(c1)OC(F)C(=O)N2Cc1ncc(Cl)cn1. The van der Waals surface area contributed by atoms with E-state index in [9.17, 15) is 14.0 Å². The van der Waals surface area contributed by atoms with Gasteiger partial charge in [0.2, 0.25) is 0 Å². The molecule has 8 heteroatoms. The summed E-state index contributed by atoms with van der Waals surface area (Å²) in [6.45, 7) is -0.0345. The standard InChI is InChI=1S/C14H9ClFN3O3/c15-9-4-17-12(18-5-9)6-19-10-2-1-8(7-20)3-11(10)22-13(16)14(19)21/h1-5,7,13H,6H2. The van der Waals surface area contributed by atoms with Crippen LogP contribution in [0.5, 0.6) is 5.75 Å². The first-order valence-electron chi connectivity index (χ1n) is 6.26. The maximum atomic E-state index is 13.7. The van der Waals surface area contributed by atoms with E-state index in [-0.39, 0.29) is 12.3 Å². The summed E-state index contributed by atoms with van der Waals surface area (Å²) in [5.41, 5.74) is 0.672. The van der Waals surface area contributed by atoms with Crippen molar-refractivity contribution in [2.75, 3.05) is 4.90 Å². The zero-order chi connectivity index (χ0) is 15.7. The Morgan fingerprint density at radius 2 is 2.09 bits per heavy atom. The van der Waals surface area contributed by atoms with E-state index in [1.807, 2.05) is 0 Å². The molecule has 0 N–H and O–H groups in total. The number of amides is 1. The van der Waals surface area contributed by atoms with Crippen molar-refractivity contribution in [1.82, 2.24) is 9.97 Å². The molecule has 1 aromatic carbocycles. The smallest absolute Gasteiger partial charge is 0.317 e. The molecule has 1 atom stereocenters. The van der Waals surface area contributed by atoms with Crippen LogP contribution in [0.1, 0.15) is 16.2 Å². The number of hydrogen-bond donors (Lipinski definition) is 0. The van der Waals surface area contributed by atoms with Crippen LogP contribution < -0.4 is 9.64 Å². The van der Waals surface area contributed by atoms with Gasteiger partial charge in [0.05, 0.1) is 17.3 Å². The molecule has 0 saturated heterocycles. The monoisotopic (exact) mass is 321 g/mol. The first-order chi connectivity index (χ1) is 10.6. The van der Waals surface area contributed by atoms with E-state index in [2.05, 4.69) is 9.97 Å². The molecule has 6 nitrogen and oxygen atoms in total. The van der Waals surface area contributed by atoms with Gasteiger partial charge in [-0.15, -0.1) is 0 Å². The summed E-state index contributed by atoms with van der Waals surface area (Å²) >= 11 is 5.70. The molecule has 0 aliphatic carbocycles. The summed E-state index contributed by atoms with van der Waals surface area (Å²) < 4.78 is 18.6. The molecule has 1 aromatic heterocycles. The molecule has 1 unspecified atom stereocenters. The van der Waals surface area contributed by atoms with Crippen LogP contribution in [-0.4, -0.2) is 28.5 Å². The molecule has 2 heterocycles. The van der Waals surface area contributed by atoms with Crippen LogP contribution in [0.25, 0.3) is 0 Å². The van der Waals surface area contributed by atoms with Crippen molar-refractivity contribution in [3.05, 3.63) is 47.0 Å². The summed E-state index contributed by atoms with van der Waals surface area (Å²) in [7, 11) is 0. The number of nitrogens with zero attached hydrogens (tertiary/aromatic N) is 3. The lowest BCUT2D eigenvalue weighted by molar-refractivity contribution is -0.134. The van der Waals surface area contributed by atoms with Crippen molar-refractivity contribution in [3.63, 3.8) is 0 Å². The molecule has 3 rings (SSSR count). The fraction of sp³-hybridized carbons (Fsp3) is 0.143. The number of hydrogen-bond acceptors (Lipinski definition) is 5. The third-order valence-electron chi connectivity index (χ3n) is 3.07. The lowest BCUT2D eigenvalue weighted by atomic mass is 10.1. The third kappa shape index (κ3) is 2.62. The number of benzene rings is 1. The first kappa shape index (κ1) is 14.4. The zero-order valence-corrected chi connectivity index (χ0v) is 11.8. The van der Waals surface area contributed by atoms with Gasteiger partial charge in [0.25, 0.3) is 0 Å². The number of fused-ring (bicyclic) bond motifs is 1. The summed E-state index contributed by atoms with van der Waals surface area (Å²) in [6, 6.07) is 4.40. The second-order valence-electron chi connectivity index (χ2n) is 4.52. The van der Waals surface area contributed by atoms with Gasteiger partial charge >= 0.3 is 12.3 Å². The minimum atomic E-state index is -2.14. The highest BCUT2D eigenvalue weighted by molar-refractivity contribution is 6.30. The number of carbonyl (C=O) groups is 2. The lowest BCUT2D eigenvalue weighted by Gasteiger charge is -2.30. The number of halogens is 2. The van der Waals surface area contributed by atoms with E-state index in [1.54, 1.807) is 0 Å². The minimum Gasteiger partial charge on any atom is -0.450 e. The van der Waals surface area contributed by atoms with Crippen LogP contribution in [0.2, 0.25) is 5.02 Å². The van der Waals surface area contributed by atoms with Gasteiger partial charge in [-0.25, -0.2) is 9.97 Å². The van der Waals surface area contributed by atoms with Gasteiger partial charge in [0.15, 0.2) is 0 Å².